The number of benzene rings is 2. The average Bonchev–Trinajstić information content (AvgIpc) is 3.33. The van der Waals surface area contributed by atoms with Crippen LogP contribution in [0.3, 0.4) is 0 Å². The van der Waals surface area contributed by atoms with Crippen LogP contribution in [0.15, 0.2) is 65.0 Å². The highest BCUT2D eigenvalue weighted by Gasteiger charge is 2.36. The van der Waals surface area contributed by atoms with Gasteiger partial charge in [-0.25, -0.2) is 9.48 Å². The van der Waals surface area contributed by atoms with Gasteiger partial charge in [0.2, 0.25) is 11.1 Å². The van der Waals surface area contributed by atoms with Crippen LogP contribution in [0, 0.1) is 0 Å². The minimum atomic E-state index is -0.540. The van der Waals surface area contributed by atoms with Gasteiger partial charge in [0.05, 0.1) is 18.8 Å². The third-order valence-electron chi connectivity index (χ3n) is 6.04. The molecule has 0 radical (unpaired) electrons. The average molecular weight is 537 g/mol. The molecule has 0 amide bonds. The number of rotatable bonds is 13. The summed E-state index contributed by atoms with van der Waals surface area (Å²) in [5.41, 5.74) is 2.92. The molecule has 1 aliphatic rings. The Balaban J connectivity index is 1.71. The molecule has 1 atom stereocenters. The number of fused-ring (bicyclic) bond motifs is 1. The van der Waals surface area contributed by atoms with E-state index in [1.807, 2.05) is 62.4 Å². The van der Waals surface area contributed by atoms with E-state index in [1.54, 1.807) is 16.4 Å². The zero-order valence-electron chi connectivity index (χ0n) is 22.5. The SMILES string of the molecule is CCCCOc1ccc(C2C(C(=O)OCc3ccccc3)=C(C)Nc3nc(SCCC)nn32)cc1OCC. The number of carbonyl (C=O) groups is 1. The lowest BCUT2D eigenvalue weighted by molar-refractivity contribution is -0.140. The van der Waals surface area contributed by atoms with Crippen LogP contribution in [-0.4, -0.2) is 39.7 Å². The van der Waals surface area contributed by atoms with Crippen LogP contribution in [0.1, 0.15) is 64.1 Å². The molecule has 38 heavy (non-hydrogen) atoms. The molecule has 1 aromatic heterocycles. The van der Waals surface area contributed by atoms with Gasteiger partial charge in [0.15, 0.2) is 11.5 Å². The standard InChI is InChI=1S/C29H36N4O4S/c1-5-8-16-36-23-15-14-22(18-24(23)35-7-3)26-25(27(34)37-19-21-12-10-9-11-13-21)20(4)30-28-31-29(32-33(26)28)38-17-6-2/h9-15,18,26H,5-8,16-17,19H2,1-4H3,(H,30,31,32). The normalized spacial score (nSPS) is 14.6. The molecule has 202 valence electrons. The van der Waals surface area contributed by atoms with Gasteiger partial charge in [0.1, 0.15) is 12.6 Å². The van der Waals surface area contributed by atoms with Gasteiger partial charge in [-0.2, -0.15) is 4.98 Å². The number of allylic oxidation sites excluding steroid dienone is 1. The van der Waals surface area contributed by atoms with Crippen molar-refractivity contribution >= 4 is 23.7 Å². The van der Waals surface area contributed by atoms with Crippen LogP contribution in [0.25, 0.3) is 0 Å². The summed E-state index contributed by atoms with van der Waals surface area (Å²) in [6.07, 6.45) is 3.02. The summed E-state index contributed by atoms with van der Waals surface area (Å²) in [4.78, 5) is 18.3. The lowest BCUT2D eigenvalue weighted by Crippen LogP contribution is -2.29. The van der Waals surface area contributed by atoms with Crippen molar-refractivity contribution in [1.82, 2.24) is 14.8 Å². The third-order valence-corrected chi connectivity index (χ3v) is 7.08. The number of hydrogen-bond acceptors (Lipinski definition) is 8. The predicted molar refractivity (Wildman–Crippen MR) is 150 cm³/mol. The van der Waals surface area contributed by atoms with E-state index in [2.05, 4.69) is 24.1 Å². The van der Waals surface area contributed by atoms with Crippen molar-refractivity contribution < 1.29 is 19.0 Å². The highest BCUT2D eigenvalue weighted by molar-refractivity contribution is 7.99. The number of hydrogen-bond donors (Lipinski definition) is 1. The van der Waals surface area contributed by atoms with Gasteiger partial charge in [0, 0.05) is 11.4 Å². The van der Waals surface area contributed by atoms with Crippen LogP contribution in [-0.2, 0) is 16.1 Å². The molecule has 8 nitrogen and oxygen atoms in total. The van der Waals surface area contributed by atoms with Crippen molar-refractivity contribution in [2.75, 3.05) is 24.3 Å². The molecule has 3 aromatic rings. The summed E-state index contributed by atoms with van der Waals surface area (Å²) >= 11 is 1.59. The third kappa shape index (κ3) is 6.51. The van der Waals surface area contributed by atoms with Crippen LogP contribution in [0.5, 0.6) is 11.5 Å². The lowest BCUT2D eigenvalue weighted by Gasteiger charge is -2.28. The van der Waals surface area contributed by atoms with Crippen LogP contribution in [0.2, 0.25) is 0 Å². The van der Waals surface area contributed by atoms with Gasteiger partial charge in [0.25, 0.3) is 0 Å². The Bertz CT molecular complexity index is 1260. The van der Waals surface area contributed by atoms with E-state index in [0.717, 1.165) is 36.1 Å². The van der Waals surface area contributed by atoms with Crippen molar-refractivity contribution in [3.05, 3.63) is 70.9 Å². The van der Waals surface area contributed by atoms with Crippen molar-refractivity contribution in [3.8, 4) is 11.5 Å². The second kappa shape index (κ2) is 13.4. The number of thioether (sulfide) groups is 1. The Hall–Kier alpha value is -3.46. The second-order valence-electron chi connectivity index (χ2n) is 8.98. The highest BCUT2D eigenvalue weighted by Crippen LogP contribution is 2.40. The Morgan fingerprint density at radius 1 is 1.05 bits per heavy atom. The van der Waals surface area contributed by atoms with E-state index in [1.165, 1.54) is 0 Å². The number of aromatic nitrogens is 3. The van der Waals surface area contributed by atoms with E-state index in [4.69, 9.17) is 19.3 Å². The first kappa shape index (κ1) is 27.6. The maximum absolute atomic E-state index is 13.6. The molecule has 1 N–H and O–H groups in total. The predicted octanol–water partition coefficient (Wildman–Crippen LogP) is 6.39. The summed E-state index contributed by atoms with van der Waals surface area (Å²) in [6, 6.07) is 14.9. The fraction of sp³-hybridized carbons (Fsp3) is 0.414. The summed E-state index contributed by atoms with van der Waals surface area (Å²) in [6.45, 7) is 9.35. The van der Waals surface area contributed by atoms with E-state index < -0.39 is 12.0 Å². The van der Waals surface area contributed by atoms with Crippen LogP contribution < -0.4 is 14.8 Å². The number of esters is 1. The topological polar surface area (TPSA) is 87.5 Å². The van der Waals surface area contributed by atoms with Crippen LogP contribution >= 0.6 is 11.8 Å². The van der Waals surface area contributed by atoms with Gasteiger partial charge >= 0.3 is 5.97 Å². The monoisotopic (exact) mass is 536 g/mol. The minimum absolute atomic E-state index is 0.180. The maximum atomic E-state index is 13.6. The fourth-order valence-corrected chi connectivity index (χ4v) is 4.85. The van der Waals surface area contributed by atoms with E-state index in [-0.39, 0.29) is 6.61 Å². The largest absolute Gasteiger partial charge is 0.490 e. The van der Waals surface area contributed by atoms with Gasteiger partial charge < -0.3 is 19.5 Å². The molecular formula is C29H36N4O4S. The molecule has 4 rings (SSSR count). The molecule has 0 spiro atoms. The quantitative estimate of drug-likeness (QED) is 0.153. The molecule has 0 bridgehead atoms. The number of unbranched alkanes of at least 4 members (excludes halogenated alkanes) is 1. The van der Waals surface area contributed by atoms with Gasteiger partial charge in [-0.05, 0) is 49.9 Å². The molecule has 1 aliphatic heterocycles. The minimum Gasteiger partial charge on any atom is -0.490 e. The highest BCUT2D eigenvalue weighted by atomic mass is 32.2. The Morgan fingerprint density at radius 3 is 2.61 bits per heavy atom. The number of ether oxygens (including phenoxy) is 3. The summed E-state index contributed by atoms with van der Waals surface area (Å²) in [5.74, 6) is 2.41. The Morgan fingerprint density at radius 2 is 1.87 bits per heavy atom. The van der Waals surface area contributed by atoms with E-state index >= 15 is 0 Å². The molecule has 2 aromatic carbocycles. The van der Waals surface area contributed by atoms with Gasteiger partial charge in [-0.1, -0.05) is 68.4 Å². The lowest BCUT2D eigenvalue weighted by atomic mass is 9.95. The smallest absolute Gasteiger partial charge is 0.338 e. The summed E-state index contributed by atoms with van der Waals surface area (Å²) in [5, 5.41) is 8.71. The molecule has 9 heteroatoms. The molecule has 0 aliphatic carbocycles. The van der Waals surface area contributed by atoms with E-state index in [9.17, 15) is 4.79 Å². The van der Waals surface area contributed by atoms with Crippen molar-refractivity contribution in [2.24, 2.45) is 0 Å². The van der Waals surface area contributed by atoms with Gasteiger partial charge in [-0.3, -0.25) is 0 Å². The molecule has 0 saturated heterocycles. The zero-order chi connectivity index (χ0) is 26.9. The first-order chi connectivity index (χ1) is 18.5. The molecule has 1 unspecified atom stereocenters. The molecule has 2 heterocycles. The number of nitrogens with one attached hydrogen (secondary N) is 1. The van der Waals surface area contributed by atoms with E-state index in [0.29, 0.717) is 47.1 Å². The first-order valence-electron chi connectivity index (χ1n) is 13.2. The first-order valence-corrected chi connectivity index (χ1v) is 14.2. The van der Waals surface area contributed by atoms with Crippen molar-refractivity contribution in [3.63, 3.8) is 0 Å². The molecular weight excluding hydrogens is 500 g/mol. The van der Waals surface area contributed by atoms with Crippen molar-refractivity contribution in [1.29, 1.82) is 0 Å². The van der Waals surface area contributed by atoms with Gasteiger partial charge in [-0.15, -0.1) is 5.10 Å². The Kier molecular flexibility index (Phi) is 9.70. The van der Waals surface area contributed by atoms with Crippen molar-refractivity contribution in [2.45, 2.75) is 64.8 Å². The Labute approximate surface area is 228 Å². The van der Waals surface area contributed by atoms with Crippen LogP contribution in [0.4, 0.5) is 5.95 Å². The summed E-state index contributed by atoms with van der Waals surface area (Å²) in [7, 11) is 0. The summed E-state index contributed by atoms with van der Waals surface area (Å²) < 4.78 is 19.5. The zero-order valence-corrected chi connectivity index (χ0v) is 23.3. The number of nitrogens with zero attached hydrogens (tertiary/aromatic N) is 3. The fourth-order valence-electron chi connectivity index (χ4n) is 4.17. The second-order valence-corrected chi connectivity index (χ2v) is 10.0. The maximum Gasteiger partial charge on any atom is 0.338 e. The molecule has 0 saturated carbocycles. The molecule has 0 fully saturated rings. The number of anilines is 1. The number of carbonyl (C=O) groups excluding carboxylic acids is 1.